The van der Waals surface area contributed by atoms with Gasteiger partial charge in [-0.25, -0.2) is 9.97 Å². The van der Waals surface area contributed by atoms with E-state index in [-0.39, 0.29) is 0 Å². The topological polar surface area (TPSA) is 25.8 Å². The Morgan fingerprint density at radius 3 is 2.04 bits per heavy atom. The van der Waals surface area contributed by atoms with Crippen molar-refractivity contribution in [1.29, 1.82) is 0 Å². The maximum atomic E-state index is 4.46. The van der Waals surface area contributed by atoms with Gasteiger partial charge in [0.1, 0.15) is 0 Å². The van der Waals surface area contributed by atoms with Gasteiger partial charge in [0.05, 0.1) is 0 Å². The van der Waals surface area contributed by atoms with Crippen molar-refractivity contribution in [3.8, 4) is 11.4 Å². The molecule has 0 saturated carbocycles. The van der Waals surface area contributed by atoms with Crippen molar-refractivity contribution < 1.29 is 0 Å². The van der Waals surface area contributed by atoms with Gasteiger partial charge >= 0.3 is 0 Å². The maximum Gasteiger partial charge on any atom is 0.159 e. The van der Waals surface area contributed by atoms with Crippen LogP contribution in [0.4, 0.5) is 0 Å². The van der Waals surface area contributed by atoms with E-state index >= 15 is 0 Å². The van der Waals surface area contributed by atoms with Gasteiger partial charge in [0.15, 0.2) is 5.82 Å². The highest BCUT2D eigenvalue weighted by molar-refractivity contribution is 6.22. The standard InChI is InChI=1S/C22H14N2/c1-2-7-17-15(6-1)10-11-16-14-20(22-23-12-5-13-24-22)18-8-3-4-9-19(18)21(16)17/h1-14H. The predicted molar refractivity (Wildman–Crippen MR) is 100.0 cm³/mol. The summed E-state index contributed by atoms with van der Waals surface area (Å²) in [5, 5.41) is 7.49. The second-order valence-electron chi connectivity index (χ2n) is 5.93. The number of fused-ring (bicyclic) bond motifs is 5. The van der Waals surface area contributed by atoms with Gasteiger partial charge in [0.2, 0.25) is 0 Å². The van der Waals surface area contributed by atoms with Gasteiger partial charge in [-0.3, -0.25) is 0 Å². The van der Waals surface area contributed by atoms with Crippen molar-refractivity contribution in [3.63, 3.8) is 0 Å². The molecule has 0 N–H and O–H groups in total. The molecule has 1 heterocycles. The Morgan fingerprint density at radius 2 is 1.21 bits per heavy atom. The minimum atomic E-state index is 0.767. The van der Waals surface area contributed by atoms with E-state index in [2.05, 4.69) is 76.7 Å². The fourth-order valence-corrected chi connectivity index (χ4v) is 3.50. The lowest BCUT2D eigenvalue weighted by Gasteiger charge is -2.12. The van der Waals surface area contributed by atoms with Crippen LogP contribution in [-0.4, -0.2) is 9.97 Å². The number of hydrogen-bond acceptors (Lipinski definition) is 2. The van der Waals surface area contributed by atoms with E-state index in [1.54, 1.807) is 12.4 Å². The van der Waals surface area contributed by atoms with Gasteiger partial charge in [-0.15, -0.1) is 0 Å². The normalized spacial score (nSPS) is 11.3. The Labute approximate surface area is 139 Å². The number of aromatic nitrogens is 2. The highest BCUT2D eigenvalue weighted by Gasteiger charge is 2.11. The van der Waals surface area contributed by atoms with Crippen LogP contribution in [0, 0.1) is 0 Å². The molecule has 5 aromatic rings. The molecule has 0 saturated heterocycles. The molecule has 0 aliphatic carbocycles. The molecule has 0 spiro atoms. The summed E-state index contributed by atoms with van der Waals surface area (Å²) < 4.78 is 0. The Kier molecular flexibility index (Phi) is 2.83. The minimum absolute atomic E-state index is 0.767. The van der Waals surface area contributed by atoms with Crippen LogP contribution >= 0.6 is 0 Å². The fraction of sp³-hybridized carbons (Fsp3) is 0. The first-order valence-electron chi connectivity index (χ1n) is 8.02. The minimum Gasteiger partial charge on any atom is -0.237 e. The summed E-state index contributed by atoms with van der Waals surface area (Å²) in [6.45, 7) is 0. The van der Waals surface area contributed by atoms with Gasteiger partial charge in [-0.1, -0.05) is 60.7 Å². The van der Waals surface area contributed by atoms with Gasteiger partial charge in [0.25, 0.3) is 0 Å². The fourth-order valence-electron chi connectivity index (χ4n) is 3.50. The maximum absolute atomic E-state index is 4.46. The van der Waals surface area contributed by atoms with Crippen molar-refractivity contribution in [2.24, 2.45) is 0 Å². The average molecular weight is 306 g/mol. The summed E-state index contributed by atoms with van der Waals surface area (Å²) in [4.78, 5) is 8.91. The predicted octanol–water partition coefficient (Wildman–Crippen LogP) is 5.60. The Balaban J connectivity index is 2.02. The Bertz CT molecular complexity index is 1190. The zero-order chi connectivity index (χ0) is 15.9. The van der Waals surface area contributed by atoms with Crippen LogP contribution in [0.5, 0.6) is 0 Å². The SMILES string of the molecule is c1cnc(-c2cc3ccc4ccccc4c3c3ccccc23)nc1. The number of benzene rings is 4. The van der Waals surface area contributed by atoms with Crippen LogP contribution < -0.4 is 0 Å². The van der Waals surface area contributed by atoms with E-state index in [4.69, 9.17) is 0 Å². The van der Waals surface area contributed by atoms with Crippen LogP contribution in [0.2, 0.25) is 0 Å². The smallest absolute Gasteiger partial charge is 0.159 e. The van der Waals surface area contributed by atoms with Crippen molar-refractivity contribution >= 4 is 32.3 Å². The van der Waals surface area contributed by atoms with E-state index < -0.39 is 0 Å². The van der Waals surface area contributed by atoms with Crippen LogP contribution in [0.3, 0.4) is 0 Å². The molecule has 0 bridgehead atoms. The monoisotopic (exact) mass is 306 g/mol. The van der Waals surface area contributed by atoms with E-state index in [0.717, 1.165) is 11.4 Å². The summed E-state index contributed by atoms with van der Waals surface area (Å²) in [6.07, 6.45) is 3.59. The first kappa shape index (κ1) is 13.2. The molecule has 2 nitrogen and oxygen atoms in total. The van der Waals surface area contributed by atoms with E-state index in [9.17, 15) is 0 Å². The van der Waals surface area contributed by atoms with Crippen LogP contribution in [0.15, 0.2) is 85.2 Å². The molecule has 112 valence electrons. The van der Waals surface area contributed by atoms with Crippen LogP contribution in [0.1, 0.15) is 0 Å². The summed E-state index contributed by atoms with van der Waals surface area (Å²) in [7, 11) is 0. The zero-order valence-corrected chi connectivity index (χ0v) is 13.0. The molecule has 0 fully saturated rings. The molecule has 4 aromatic carbocycles. The molecule has 0 aliphatic rings. The molecular weight excluding hydrogens is 292 g/mol. The molecule has 24 heavy (non-hydrogen) atoms. The van der Waals surface area contributed by atoms with Crippen molar-refractivity contribution in [3.05, 3.63) is 85.2 Å². The third-order valence-corrected chi connectivity index (χ3v) is 4.55. The molecule has 0 unspecified atom stereocenters. The molecule has 0 radical (unpaired) electrons. The molecule has 0 atom stereocenters. The first-order valence-corrected chi connectivity index (χ1v) is 8.02. The number of rotatable bonds is 1. The third kappa shape index (κ3) is 1.90. The van der Waals surface area contributed by atoms with Gasteiger partial charge in [-0.05, 0) is 44.5 Å². The summed E-state index contributed by atoms with van der Waals surface area (Å²) >= 11 is 0. The zero-order valence-electron chi connectivity index (χ0n) is 13.0. The van der Waals surface area contributed by atoms with E-state index in [0.29, 0.717) is 0 Å². The third-order valence-electron chi connectivity index (χ3n) is 4.55. The molecule has 0 aliphatic heterocycles. The van der Waals surface area contributed by atoms with E-state index in [1.165, 1.54) is 32.3 Å². The first-order chi connectivity index (χ1) is 11.9. The summed E-state index contributed by atoms with van der Waals surface area (Å²) in [5.74, 6) is 0.767. The van der Waals surface area contributed by atoms with Gasteiger partial charge in [0, 0.05) is 18.0 Å². The second-order valence-corrected chi connectivity index (χ2v) is 5.93. The highest BCUT2D eigenvalue weighted by atomic mass is 14.8. The Hall–Kier alpha value is -3.26. The largest absolute Gasteiger partial charge is 0.237 e. The lowest BCUT2D eigenvalue weighted by Crippen LogP contribution is -1.90. The van der Waals surface area contributed by atoms with Gasteiger partial charge in [-0.2, -0.15) is 0 Å². The van der Waals surface area contributed by atoms with E-state index in [1.807, 2.05) is 6.07 Å². The Morgan fingerprint density at radius 1 is 0.542 bits per heavy atom. The lowest BCUT2D eigenvalue weighted by atomic mass is 9.93. The molecule has 0 amide bonds. The molecule has 1 aromatic heterocycles. The van der Waals surface area contributed by atoms with Crippen LogP contribution in [0.25, 0.3) is 43.7 Å². The van der Waals surface area contributed by atoms with Gasteiger partial charge < -0.3 is 0 Å². The summed E-state index contributed by atoms with van der Waals surface area (Å²) in [5.41, 5.74) is 1.08. The molecule has 2 heteroatoms. The lowest BCUT2D eigenvalue weighted by molar-refractivity contribution is 1.18. The number of hydrogen-bond donors (Lipinski definition) is 0. The van der Waals surface area contributed by atoms with Crippen LogP contribution in [-0.2, 0) is 0 Å². The number of nitrogens with zero attached hydrogens (tertiary/aromatic N) is 2. The quantitative estimate of drug-likeness (QED) is 0.376. The average Bonchev–Trinajstić information content (AvgIpc) is 2.67. The van der Waals surface area contributed by atoms with Crippen molar-refractivity contribution in [1.82, 2.24) is 9.97 Å². The summed E-state index contributed by atoms with van der Waals surface area (Å²) in [6, 6.07) is 25.5. The molecular formula is C22H14N2. The highest BCUT2D eigenvalue weighted by Crippen LogP contribution is 2.36. The van der Waals surface area contributed by atoms with Crippen molar-refractivity contribution in [2.75, 3.05) is 0 Å². The van der Waals surface area contributed by atoms with Crippen molar-refractivity contribution in [2.45, 2.75) is 0 Å². The second kappa shape index (κ2) is 5.14. The molecule has 5 rings (SSSR count).